The lowest BCUT2D eigenvalue weighted by Crippen LogP contribution is -2.32. The van der Waals surface area contributed by atoms with Crippen molar-refractivity contribution in [1.29, 1.82) is 0 Å². The summed E-state index contributed by atoms with van der Waals surface area (Å²) in [6.07, 6.45) is 0. The minimum atomic E-state index is -3.74. The molecule has 1 amide bonds. The zero-order valence-corrected chi connectivity index (χ0v) is 7.47. The highest BCUT2D eigenvalue weighted by molar-refractivity contribution is 7.88. The Balaban J connectivity index is 2.72. The van der Waals surface area contributed by atoms with Crippen molar-refractivity contribution < 1.29 is 22.3 Å². The summed E-state index contributed by atoms with van der Waals surface area (Å²) in [7, 11) is -4.41. The zero-order chi connectivity index (χ0) is 9.19. The molecule has 0 spiro atoms. The highest BCUT2D eigenvalue weighted by atomic mass is 32.2. The monoisotopic (exact) mass is 212 g/mol. The van der Waals surface area contributed by atoms with Crippen molar-refractivity contribution in [2.75, 3.05) is 13.3 Å². The van der Waals surface area contributed by atoms with E-state index in [1.54, 1.807) is 0 Å². The minimum absolute atomic E-state index is 0.276. The number of hydrogen-bond acceptors (Lipinski definition) is 5. The molecule has 0 aromatic carbocycles. The quantitative estimate of drug-likeness (QED) is 0.596. The summed E-state index contributed by atoms with van der Waals surface area (Å²) in [5, 5.41) is 0. The Morgan fingerprint density at radius 3 is 2.75 bits per heavy atom. The maximum atomic E-state index is 10.9. The van der Waals surface area contributed by atoms with Crippen molar-refractivity contribution in [2.24, 2.45) is 0 Å². The van der Waals surface area contributed by atoms with Gasteiger partial charge in [-0.15, -0.1) is 0 Å². The number of carbonyl (C=O) groups is 1. The number of hydrogen-bond donors (Lipinski definition) is 1. The fraction of sp³-hybridized carbons (Fsp3) is 0.667. The van der Waals surface area contributed by atoms with Gasteiger partial charge in [0.2, 0.25) is 0 Å². The van der Waals surface area contributed by atoms with Crippen LogP contribution in [0, 0.1) is 0 Å². The molecule has 9 heteroatoms. The first-order chi connectivity index (χ1) is 5.58. The Bertz CT molecular complexity index is 300. The van der Waals surface area contributed by atoms with Crippen LogP contribution < -0.4 is 4.72 Å². The van der Waals surface area contributed by atoms with Crippen LogP contribution in [0.2, 0.25) is 0 Å². The van der Waals surface area contributed by atoms with E-state index >= 15 is 0 Å². The maximum absolute atomic E-state index is 10.9. The van der Waals surface area contributed by atoms with E-state index in [2.05, 4.69) is 4.52 Å². The van der Waals surface area contributed by atoms with Crippen molar-refractivity contribution >= 4 is 24.8 Å². The maximum Gasteiger partial charge on any atom is 0.329 e. The predicted molar refractivity (Wildman–Crippen MR) is 37.3 cm³/mol. The molecule has 0 unspecified atom stereocenters. The molecule has 0 aromatic heterocycles. The summed E-state index contributed by atoms with van der Waals surface area (Å²) in [5.41, 5.74) is 0. The molecular formula is C3H5N2O5PS. The van der Waals surface area contributed by atoms with Crippen LogP contribution >= 0.6 is 8.69 Å². The number of amides is 1. The Kier molecular flexibility index (Phi) is 2.73. The van der Waals surface area contributed by atoms with E-state index in [4.69, 9.17) is 0 Å². The largest absolute Gasteiger partial charge is 0.329 e. The first kappa shape index (κ1) is 9.53. The van der Waals surface area contributed by atoms with Gasteiger partial charge in [-0.2, -0.15) is 17.4 Å². The number of carbonyl (C=O) groups excluding carboxylic acids is 1. The normalized spacial score (nSPS) is 22.0. The van der Waals surface area contributed by atoms with Gasteiger partial charge in [0.15, 0.2) is 6.73 Å². The van der Waals surface area contributed by atoms with E-state index in [-0.39, 0.29) is 6.54 Å². The van der Waals surface area contributed by atoms with Gasteiger partial charge in [0.05, 0.1) is 6.54 Å². The van der Waals surface area contributed by atoms with Crippen molar-refractivity contribution in [3.05, 3.63) is 0 Å². The van der Waals surface area contributed by atoms with Crippen molar-refractivity contribution in [1.82, 2.24) is 9.03 Å². The molecule has 0 aromatic rings. The van der Waals surface area contributed by atoms with Gasteiger partial charge in [0.1, 0.15) is 0 Å². The lowest BCUT2D eigenvalue weighted by molar-refractivity contribution is -0.125. The fourth-order valence-corrected chi connectivity index (χ4v) is 1.90. The Hall–Kier alpha value is -0.560. The van der Waals surface area contributed by atoms with Gasteiger partial charge >= 0.3 is 18.9 Å². The fourth-order valence-electron chi connectivity index (χ4n) is 0.670. The van der Waals surface area contributed by atoms with Gasteiger partial charge < -0.3 is 0 Å². The molecule has 0 saturated carbocycles. The van der Waals surface area contributed by atoms with Crippen molar-refractivity contribution in [3.8, 4) is 0 Å². The summed E-state index contributed by atoms with van der Waals surface area (Å²) in [4.78, 5) is 10.8. The summed E-state index contributed by atoms with van der Waals surface area (Å²) >= 11 is 0. The van der Waals surface area contributed by atoms with Gasteiger partial charge in [-0.3, -0.25) is 9.32 Å². The topological polar surface area (TPSA) is 92.8 Å². The Morgan fingerprint density at radius 1 is 1.67 bits per heavy atom. The average Bonchev–Trinajstić information content (AvgIpc) is 2.24. The Morgan fingerprint density at radius 2 is 2.33 bits per heavy atom. The lowest BCUT2D eigenvalue weighted by atomic mass is 10.6. The van der Waals surface area contributed by atoms with Gasteiger partial charge in [-0.25, -0.2) is 4.57 Å². The molecule has 0 radical (unpaired) electrons. The number of nitrogens with zero attached hydrogens (tertiary/aromatic N) is 1. The smallest absolute Gasteiger partial charge is 0.272 e. The van der Waals surface area contributed by atoms with Gasteiger partial charge in [0.25, 0.3) is 5.91 Å². The van der Waals surface area contributed by atoms with Crippen LogP contribution in [0.5, 0.6) is 0 Å². The molecule has 0 aliphatic carbocycles. The van der Waals surface area contributed by atoms with E-state index in [1.165, 1.54) is 0 Å². The SMILES string of the molecule is O=POCN1C(=O)CNS1(=O)=O. The first-order valence-corrected chi connectivity index (χ1v) is 5.00. The molecule has 0 atom stereocenters. The van der Waals surface area contributed by atoms with E-state index in [9.17, 15) is 17.8 Å². The third kappa shape index (κ3) is 1.78. The zero-order valence-electron chi connectivity index (χ0n) is 5.76. The molecule has 1 rings (SSSR count). The standard InChI is InChI=1S/C3H5N2O5PS/c6-3-1-4-12(8,9)5(3)2-10-11-7/h4H,1-2H2. The van der Waals surface area contributed by atoms with Gasteiger partial charge in [0, 0.05) is 0 Å². The molecule has 1 saturated heterocycles. The van der Waals surface area contributed by atoms with Gasteiger partial charge in [-0.05, 0) is 0 Å². The second-order valence-electron chi connectivity index (χ2n) is 1.90. The number of rotatable bonds is 3. The summed E-state index contributed by atoms with van der Waals surface area (Å²) < 4.78 is 38.2. The summed E-state index contributed by atoms with van der Waals surface area (Å²) in [6.45, 7) is -0.805. The minimum Gasteiger partial charge on any atom is -0.272 e. The van der Waals surface area contributed by atoms with Crippen LogP contribution in [0.1, 0.15) is 0 Å². The van der Waals surface area contributed by atoms with E-state index < -0.39 is 31.5 Å². The van der Waals surface area contributed by atoms with Crippen LogP contribution in [0.25, 0.3) is 0 Å². The lowest BCUT2D eigenvalue weighted by Gasteiger charge is -2.09. The van der Waals surface area contributed by atoms with Crippen molar-refractivity contribution in [3.63, 3.8) is 0 Å². The van der Waals surface area contributed by atoms with E-state index in [0.29, 0.717) is 4.31 Å². The van der Waals surface area contributed by atoms with E-state index in [0.717, 1.165) is 0 Å². The van der Waals surface area contributed by atoms with E-state index in [1.807, 2.05) is 4.72 Å². The first-order valence-electron chi connectivity index (χ1n) is 2.82. The van der Waals surface area contributed by atoms with Crippen LogP contribution in [0.4, 0.5) is 0 Å². The molecule has 1 fully saturated rings. The molecule has 68 valence electrons. The third-order valence-electron chi connectivity index (χ3n) is 1.20. The molecule has 1 aliphatic rings. The van der Waals surface area contributed by atoms with Crippen LogP contribution in [-0.4, -0.2) is 31.9 Å². The molecule has 1 heterocycles. The summed E-state index contributed by atoms with van der Waals surface area (Å²) in [5.74, 6) is -0.626. The molecule has 12 heavy (non-hydrogen) atoms. The second-order valence-corrected chi connectivity index (χ2v) is 3.99. The van der Waals surface area contributed by atoms with Crippen LogP contribution in [0.15, 0.2) is 0 Å². The van der Waals surface area contributed by atoms with Crippen molar-refractivity contribution in [2.45, 2.75) is 0 Å². The third-order valence-corrected chi connectivity index (χ3v) is 2.82. The second kappa shape index (κ2) is 3.44. The predicted octanol–water partition coefficient (Wildman–Crippen LogP) is -1.16. The van der Waals surface area contributed by atoms with Crippen LogP contribution in [-0.2, 0) is 24.1 Å². The average molecular weight is 212 g/mol. The molecule has 1 N–H and O–H groups in total. The highest BCUT2D eigenvalue weighted by Gasteiger charge is 2.34. The molecule has 0 bridgehead atoms. The molecule has 1 aliphatic heterocycles. The molecule has 7 nitrogen and oxygen atoms in total. The summed E-state index contributed by atoms with van der Waals surface area (Å²) in [6, 6.07) is 0. The van der Waals surface area contributed by atoms with Crippen LogP contribution in [0.3, 0.4) is 0 Å². The molecular weight excluding hydrogens is 207 g/mol. The number of nitrogens with one attached hydrogen (secondary N) is 1. The Labute approximate surface area is 70.2 Å². The van der Waals surface area contributed by atoms with Gasteiger partial charge in [-0.1, -0.05) is 0 Å². The highest BCUT2D eigenvalue weighted by Crippen LogP contribution is 2.08.